The zero-order chi connectivity index (χ0) is 22.7. The third-order valence-corrected chi connectivity index (χ3v) is 4.40. The van der Waals surface area contributed by atoms with E-state index < -0.39 is 22.3 Å². The van der Waals surface area contributed by atoms with Crippen LogP contribution in [0.15, 0.2) is 60.9 Å². The summed E-state index contributed by atoms with van der Waals surface area (Å²) in [7, 11) is 0. The normalized spacial score (nSPS) is 10.6. The van der Waals surface area contributed by atoms with E-state index in [4.69, 9.17) is 4.74 Å². The highest BCUT2D eigenvalue weighted by molar-refractivity contribution is 5.95. The molecule has 2 aromatic heterocycles. The summed E-state index contributed by atoms with van der Waals surface area (Å²) in [4.78, 5) is 35.4. The minimum absolute atomic E-state index is 0.143. The van der Waals surface area contributed by atoms with Gasteiger partial charge in [0, 0.05) is 16.6 Å². The maximum absolute atomic E-state index is 13.0. The number of aryl methyl sites for hydroxylation is 1. The zero-order valence-corrected chi connectivity index (χ0v) is 16.6. The number of hydrazine groups is 1. The Hall–Kier alpha value is -4.67. The number of fused-ring (bicyclic) bond motifs is 1. The number of carbonyl (C=O) groups is 1. The SMILES string of the molecule is Cc1ccc2cccc(Oc3ncnc(NNC(=O)c4ccc(F)cc4)c3[N+](=O)[O-])c2n1. The van der Waals surface area contributed by atoms with Crippen LogP contribution >= 0.6 is 0 Å². The molecule has 0 unspecified atom stereocenters. The van der Waals surface area contributed by atoms with Crippen LogP contribution in [-0.2, 0) is 0 Å². The molecule has 0 saturated heterocycles. The van der Waals surface area contributed by atoms with Crippen molar-refractivity contribution < 1.29 is 18.8 Å². The summed E-state index contributed by atoms with van der Waals surface area (Å²) in [5, 5.41) is 12.5. The lowest BCUT2D eigenvalue weighted by molar-refractivity contribution is -0.385. The molecule has 11 heteroatoms. The largest absolute Gasteiger partial charge is 0.431 e. The second-order valence-electron chi connectivity index (χ2n) is 6.60. The number of carbonyl (C=O) groups excluding carboxylic acids is 1. The number of anilines is 1. The minimum atomic E-state index is -0.731. The van der Waals surface area contributed by atoms with Crippen LogP contribution in [0.5, 0.6) is 11.6 Å². The van der Waals surface area contributed by atoms with E-state index in [1.807, 2.05) is 25.1 Å². The number of nitrogens with one attached hydrogen (secondary N) is 2. The van der Waals surface area contributed by atoms with Crippen LogP contribution in [0.3, 0.4) is 0 Å². The Labute approximate surface area is 180 Å². The second kappa shape index (κ2) is 8.60. The average molecular weight is 434 g/mol. The van der Waals surface area contributed by atoms with Gasteiger partial charge in [-0.15, -0.1) is 0 Å². The molecule has 1 amide bonds. The quantitative estimate of drug-likeness (QED) is 0.345. The number of nitro groups is 1. The minimum Gasteiger partial charge on any atom is -0.431 e. The Morgan fingerprint density at radius 1 is 1.09 bits per heavy atom. The number of hydrogen-bond donors (Lipinski definition) is 2. The van der Waals surface area contributed by atoms with E-state index in [9.17, 15) is 19.3 Å². The smallest absolute Gasteiger partial charge is 0.374 e. The molecule has 2 aromatic carbocycles. The van der Waals surface area contributed by atoms with Crippen molar-refractivity contribution in [3.05, 3.63) is 88.1 Å². The van der Waals surface area contributed by atoms with Crippen molar-refractivity contribution in [2.45, 2.75) is 6.92 Å². The highest BCUT2D eigenvalue weighted by Crippen LogP contribution is 2.35. The monoisotopic (exact) mass is 434 g/mol. The van der Waals surface area contributed by atoms with Gasteiger partial charge in [-0.2, -0.15) is 4.98 Å². The molecule has 0 saturated carbocycles. The van der Waals surface area contributed by atoms with Crippen LogP contribution in [0.4, 0.5) is 15.9 Å². The number of hydrogen-bond acceptors (Lipinski definition) is 8. The summed E-state index contributed by atoms with van der Waals surface area (Å²) in [6, 6.07) is 13.6. The number of benzene rings is 2. The van der Waals surface area contributed by atoms with Crippen molar-refractivity contribution in [1.82, 2.24) is 20.4 Å². The molecule has 0 fully saturated rings. The number of pyridine rings is 1. The van der Waals surface area contributed by atoms with Crippen molar-refractivity contribution in [3.63, 3.8) is 0 Å². The number of amides is 1. The molecule has 4 rings (SSSR count). The lowest BCUT2D eigenvalue weighted by Crippen LogP contribution is -2.30. The molecule has 0 aliphatic carbocycles. The van der Waals surface area contributed by atoms with Crippen molar-refractivity contribution in [3.8, 4) is 11.6 Å². The van der Waals surface area contributed by atoms with Gasteiger partial charge in [0.1, 0.15) is 17.7 Å². The fourth-order valence-electron chi connectivity index (χ4n) is 2.89. The first-order chi connectivity index (χ1) is 15.4. The molecule has 0 aliphatic rings. The Kier molecular flexibility index (Phi) is 5.53. The van der Waals surface area contributed by atoms with E-state index in [-0.39, 0.29) is 23.0 Å². The van der Waals surface area contributed by atoms with Gasteiger partial charge in [0.2, 0.25) is 5.82 Å². The summed E-state index contributed by atoms with van der Waals surface area (Å²) in [6.45, 7) is 1.81. The van der Waals surface area contributed by atoms with Crippen molar-refractivity contribution >= 4 is 28.3 Å². The molecule has 10 nitrogen and oxygen atoms in total. The Bertz CT molecular complexity index is 1330. The van der Waals surface area contributed by atoms with Gasteiger partial charge in [-0.05, 0) is 43.3 Å². The van der Waals surface area contributed by atoms with Crippen LogP contribution in [0.1, 0.15) is 16.1 Å². The van der Waals surface area contributed by atoms with Crippen LogP contribution < -0.4 is 15.6 Å². The molecular weight excluding hydrogens is 419 g/mol. The molecular formula is C21H15FN6O4. The summed E-state index contributed by atoms with van der Waals surface area (Å²) in [6.07, 6.45) is 1.05. The van der Waals surface area contributed by atoms with Gasteiger partial charge in [-0.25, -0.2) is 14.4 Å². The summed E-state index contributed by atoms with van der Waals surface area (Å²) in [5.74, 6) is -1.50. The van der Waals surface area contributed by atoms with E-state index in [1.54, 1.807) is 12.1 Å². The maximum Gasteiger partial charge on any atom is 0.374 e. The number of ether oxygens (including phenoxy) is 1. The van der Waals surface area contributed by atoms with Crippen molar-refractivity contribution in [2.24, 2.45) is 0 Å². The Morgan fingerprint density at radius 2 is 1.88 bits per heavy atom. The summed E-state index contributed by atoms with van der Waals surface area (Å²) >= 11 is 0. The van der Waals surface area contributed by atoms with Crippen LogP contribution in [-0.4, -0.2) is 25.8 Å². The standard InChI is InChI=1S/C21H15FN6O4/c1-12-5-6-13-3-2-4-16(17(13)25-12)32-21-18(28(30)31)19(23-11-24-21)26-27-20(29)14-7-9-15(22)10-8-14/h2-11H,1H3,(H,27,29)(H,23,24,26). The van der Waals surface area contributed by atoms with Gasteiger partial charge < -0.3 is 4.74 Å². The molecule has 0 bridgehead atoms. The number of para-hydroxylation sites is 1. The molecule has 0 aliphatic heterocycles. The Morgan fingerprint density at radius 3 is 2.62 bits per heavy atom. The molecule has 32 heavy (non-hydrogen) atoms. The molecule has 0 radical (unpaired) electrons. The van der Waals surface area contributed by atoms with Gasteiger partial charge in [-0.3, -0.25) is 25.8 Å². The van der Waals surface area contributed by atoms with Crippen molar-refractivity contribution in [1.29, 1.82) is 0 Å². The van der Waals surface area contributed by atoms with Crippen LogP contribution in [0.2, 0.25) is 0 Å². The lowest BCUT2D eigenvalue weighted by atomic mass is 10.2. The van der Waals surface area contributed by atoms with Gasteiger partial charge in [-0.1, -0.05) is 18.2 Å². The third-order valence-electron chi connectivity index (χ3n) is 4.40. The molecule has 2 heterocycles. The second-order valence-corrected chi connectivity index (χ2v) is 6.60. The average Bonchev–Trinajstić information content (AvgIpc) is 2.78. The molecule has 0 spiro atoms. The number of rotatable bonds is 6. The first-order valence-corrected chi connectivity index (χ1v) is 9.28. The lowest BCUT2D eigenvalue weighted by Gasteiger charge is -2.11. The topological polar surface area (TPSA) is 132 Å². The highest BCUT2D eigenvalue weighted by Gasteiger charge is 2.26. The van der Waals surface area contributed by atoms with Gasteiger partial charge in [0.05, 0.1) is 4.92 Å². The first kappa shape index (κ1) is 20.6. The molecule has 4 aromatic rings. The number of aromatic nitrogens is 3. The number of nitrogens with zero attached hydrogens (tertiary/aromatic N) is 4. The fourth-order valence-corrected chi connectivity index (χ4v) is 2.89. The van der Waals surface area contributed by atoms with E-state index in [0.717, 1.165) is 29.5 Å². The van der Waals surface area contributed by atoms with Crippen LogP contribution in [0, 0.1) is 22.9 Å². The third kappa shape index (κ3) is 4.26. The number of halogens is 1. The van der Waals surface area contributed by atoms with Crippen LogP contribution in [0.25, 0.3) is 10.9 Å². The maximum atomic E-state index is 13.0. The molecule has 2 N–H and O–H groups in total. The highest BCUT2D eigenvalue weighted by atomic mass is 19.1. The molecule has 160 valence electrons. The van der Waals surface area contributed by atoms with E-state index >= 15 is 0 Å². The zero-order valence-electron chi connectivity index (χ0n) is 16.6. The first-order valence-electron chi connectivity index (χ1n) is 9.28. The molecule has 0 atom stereocenters. The van der Waals surface area contributed by atoms with E-state index in [1.165, 1.54) is 12.1 Å². The predicted octanol–water partition coefficient (Wildman–Crippen LogP) is 3.93. The summed E-state index contributed by atoms with van der Waals surface area (Å²) in [5.41, 5.74) is 5.50. The van der Waals surface area contributed by atoms with Crippen molar-refractivity contribution in [2.75, 3.05) is 5.43 Å². The Balaban J connectivity index is 1.63. The fraction of sp³-hybridized carbons (Fsp3) is 0.0476. The predicted molar refractivity (Wildman–Crippen MR) is 113 cm³/mol. The van der Waals surface area contributed by atoms with E-state index in [2.05, 4.69) is 25.8 Å². The summed E-state index contributed by atoms with van der Waals surface area (Å²) < 4.78 is 18.8. The van der Waals surface area contributed by atoms with E-state index in [0.29, 0.717) is 5.52 Å². The van der Waals surface area contributed by atoms with Gasteiger partial charge >= 0.3 is 11.6 Å². The van der Waals surface area contributed by atoms with Gasteiger partial charge in [0.25, 0.3) is 5.91 Å². The van der Waals surface area contributed by atoms with Gasteiger partial charge in [0.15, 0.2) is 5.75 Å².